The summed E-state index contributed by atoms with van der Waals surface area (Å²) >= 11 is 0. The van der Waals surface area contributed by atoms with Crippen molar-refractivity contribution >= 4 is 11.9 Å². The monoisotopic (exact) mass is 189 g/mol. The molecule has 76 valence electrons. The molecular weight excluding hydrogens is 174 g/mol. The Morgan fingerprint density at radius 1 is 1.15 bits per heavy atom. The number of hydrogen-bond acceptors (Lipinski definition) is 3. The lowest BCUT2D eigenvalue weighted by atomic mass is 10.3. The summed E-state index contributed by atoms with van der Waals surface area (Å²) in [6.45, 7) is 2.09. The van der Waals surface area contributed by atoms with Crippen molar-refractivity contribution in [3.8, 4) is 0 Å². The van der Waals surface area contributed by atoms with Crippen molar-refractivity contribution in [2.45, 2.75) is 19.8 Å². The van der Waals surface area contributed by atoms with Gasteiger partial charge in [0.05, 0.1) is 13.1 Å². The van der Waals surface area contributed by atoms with Crippen LogP contribution < -0.4 is 0 Å². The molecule has 0 amide bonds. The Balaban J connectivity index is 3.87. The first-order valence-corrected chi connectivity index (χ1v) is 4.22. The van der Waals surface area contributed by atoms with E-state index in [0.29, 0.717) is 6.54 Å². The topological polar surface area (TPSA) is 77.8 Å². The molecule has 2 N–H and O–H groups in total. The summed E-state index contributed by atoms with van der Waals surface area (Å²) in [6, 6.07) is 0. The summed E-state index contributed by atoms with van der Waals surface area (Å²) in [5.74, 6) is -1.98. The largest absolute Gasteiger partial charge is 0.480 e. The molecule has 0 rings (SSSR count). The Morgan fingerprint density at radius 3 is 1.92 bits per heavy atom. The molecule has 0 aliphatic rings. The molecule has 0 radical (unpaired) electrons. The van der Waals surface area contributed by atoms with Gasteiger partial charge in [0.15, 0.2) is 0 Å². The van der Waals surface area contributed by atoms with Crippen molar-refractivity contribution in [1.29, 1.82) is 0 Å². The van der Waals surface area contributed by atoms with Crippen molar-refractivity contribution in [1.82, 2.24) is 4.90 Å². The van der Waals surface area contributed by atoms with Gasteiger partial charge in [-0.3, -0.25) is 14.5 Å². The van der Waals surface area contributed by atoms with E-state index in [0.717, 1.165) is 12.8 Å². The van der Waals surface area contributed by atoms with E-state index in [2.05, 4.69) is 0 Å². The first-order valence-electron chi connectivity index (χ1n) is 4.22. The zero-order valence-corrected chi connectivity index (χ0v) is 7.69. The molecule has 5 heteroatoms. The van der Waals surface area contributed by atoms with Crippen LogP contribution in [0.3, 0.4) is 0 Å². The quantitative estimate of drug-likeness (QED) is 0.600. The van der Waals surface area contributed by atoms with Crippen molar-refractivity contribution in [3.05, 3.63) is 0 Å². The van der Waals surface area contributed by atoms with Gasteiger partial charge in [-0.15, -0.1) is 0 Å². The van der Waals surface area contributed by atoms with Crippen LogP contribution in [0.15, 0.2) is 0 Å². The maximum atomic E-state index is 10.3. The van der Waals surface area contributed by atoms with Gasteiger partial charge in [0.1, 0.15) is 0 Å². The fourth-order valence-electron chi connectivity index (χ4n) is 0.978. The maximum absolute atomic E-state index is 10.3. The van der Waals surface area contributed by atoms with Gasteiger partial charge in [0.25, 0.3) is 0 Å². The second-order valence-corrected chi connectivity index (χ2v) is 2.85. The molecule has 0 aliphatic carbocycles. The molecule has 0 spiro atoms. The SMILES string of the molecule is CCCCN(CC(=O)O)CC(=O)O. The third kappa shape index (κ3) is 7.27. The van der Waals surface area contributed by atoms with Crippen LogP contribution in [0.4, 0.5) is 0 Å². The van der Waals surface area contributed by atoms with Gasteiger partial charge in [-0.2, -0.15) is 0 Å². The molecular formula is C8H15NO4. The summed E-state index contributed by atoms with van der Waals surface area (Å²) in [5.41, 5.74) is 0. The molecule has 0 heterocycles. The first kappa shape index (κ1) is 11.9. The van der Waals surface area contributed by atoms with Gasteiger partial charge in [0, 0.05) is 0 Å². The summed E-state index contributed by atoms with van der Waals surface area (Å²) in [6.07, 6.45) is 1.75. The Labute approximate surface area is 77.0 Å². The van der Waals surface area contributed by atoms with E-state index in [-0.39, 0.29) is 13.1 Å². The average Bonchev–Trinajstić information content (AvgIpc) is 1.98. The number of hydrogen-bond donors (Lipinski definition) is 2. The minimum absolute atomic E-state index is 0.202. The molecule has 0 unspecified atom stereocenters. The number of carboxylic acid groups (broad SMARTS) is 2. The van der Waals surface area contributed by atoms with Crippen LogP contribution >= 0.6 is 0 Å². The van der Waals surface area contributed by atoms with E-state index in [1.165, 1.54) is 4.90 Å². The van der Waals surface area contributed by atoms with Crippen LogP contribution in [-0.2, 0) is 9.59 Å². The highest BCUT2D eigenvalue weighted by atomic mass is 16.4. The van der Waals surface area contributed by atoms with Gasteiger partial charge >= 0.3 is 11.9 Å². The van der Waals surface area contributed by atoms with E-state index >= 15 is 0 Å². The van der Waals surface area contributed by atoms with Crippen LogP contribution in [-0.4, -0.2) is 46.7 Å². The first-order chi connectivity index (χ1) is 6.06. The summed E-state index contributed by atoms with van der Waals surface area (Å²) in [7, 11) is 0. The number of nitrogens with zero attached hydrogens (tertiary/aromatic N) is 1. The molecule has 0 saturated carbocycles. The summed E-state index contributed by atoms with van der Waals surface area (Å²) < 4.78 is 0. The van der Waals surface area contributed by atoms with Crippen LogP contribution in [0.2, 0.25) is 0 Å². The molecule has 0 aromatic rings. The molecule has 0 fully saturated rings. The predicted octanol–water partition coefficient (Wildman–Crippen LogP) is 0.258. The third-order valence-electron chi connectivity index (χ3n) is 1.55. The second-order valence-electron chi connectivity index (χ2n) is 2.85. The lowest BCUT2D eigenvalue weighted by molar-refractivity contribution is -0.141. The number of carbonyl (C=O) groups is 2. The minimum Gasteiger partial charge on any atom is -0.480 e. The number of carboxylic acids is 2. The molecule has 0 aromatic heterocycles. The Bertz CT molecular complexity index is 165. The van der Waals surface area contributed by atoms with E-state index in [4.69, 9.17) is 10.2 Å². The van der Waals surface area contributed by atoms with Gasteiger partial charge in [0.2, 0.25) is 0 Å². The molecule has 5 nitrogen and oxygen atoms in total. The molecule has 0 aromatic carbocycles. The maximum Gasteiger partial charge on any atom is 0.317 e. The molecule has 0 aliphatic heterocycles. The predicted molar refractivity (Wildman–Crippen MR) is 46.6 cm³/mol. The van der Waals surface area contributed by atoms with Crippen LogP contribution in [0, 0.1) is 0 Å². The third-order valence-corrected chi connectivity index (χ3v) is 1.55. The zero-order chi connectivity index (χ0) is 10.3. The summed E-state index contributed by atoms with van der Waals surface area (Å²) in [5, 5.41) is 16.9. The highest BCUT2D eigenvalue weighted by Crippen LogP contribution is 1.94. The number of rotatable bonds is 7. The molecule has 0 saturated heterocycles. The zero-order valence-electron chi connectivity index (χ0n) is 7.69. The standard InChI is InChI=1S/C8H15NO4/c1-2-3-4-9(5-7(10)11)6-8(12)13/h2-6H2,1H3,(H,10,11)(H,12,13). The smallest absolute Gasteiger partial charge is 0.317 e. The lowest BCUT2D eigenvalue weighted by Crippen LogP contribution is -2.35. The van der Waals surface area contributed by atoms with E-state index in [9.17, 15) is 9.59 Å². The van der Waals surface area contributed by atoms with Gasteiger partial charge in [-0.1, -0.05) is 13.3 Å². The summed E-state index contributed by atoms with van der Waals surface area (Å²) in [4.78, 5) is 22.1. The van der Waals surface area contributed by atoms with Crippen LogP contribution in [0.1, 0.15) is 19.8 Å². The normalized spacial score (nSPS) is 10.3. The van der Waals surface area contributed by atoms with Crippen LogP contribution in [0.5, 0.6) is 0 Å². The number of aliphatic carboxylic acids is 2. The highest BCUT2D eigenvalue weighted by Gasteiger charge is 2.11. The van der Waals surface area contributed by atoms with E-state index in [1.54, 1.807) is 0 Å². The van der Waals surface area contributed by atoms with Crippen molar-refractivity contribution < 1.29 is 19.8 Å². The van der Waals surface area contributed by atoms with Gasteiger partial charge in [-0.25, -0.2) is 0 Å². The van der Waals surface area contributed by atoms with E-state index in [1.807, 2.05) is 6.92 Å². The highest BCUT2D eigenvalue weighted by molar-refractivity contribution is 5.72. The van der Waals surface area contributed by atoms with Crippen LogP contribution in [0.25, 0.3) is 0 Å². The Hall–Kier alpha value is -1.10. The molecule has 13 heavy (non-hydrogen) atoms. The second kappa shape index (κ2) is 6.42. The van der Waals surface area contributed by atoms with Crippen molar-refractivity contribution in [2.75, 3.05) is 19.6 Å². The van der Waals surface area contributed by atoms with Gasteiger partial charge < -0.3 is 10.2 Å². The molecule has 0 atom stereocenters. The van der Waals surface area contributed by atoms with Crippen molar-refractivity contribution in [2.24, 2.45) is 0 Å². The Kier molecular flexibility index (Phi) is 5.88. The number of unbranched alkanes of at least 4 members (excludes halogenated alkanes) is 1. The van der Waals surface area contributed by atoms with Crippen molar-refractivity contribution in [3.63, 3.8) is 0 Å². The minimum atomic E-state index is -0.989. The van der Waals surface area contributed by atoms with Gasteiger partial charge in [-0.05, 0) is 13.0 Å². The lowest BCUT2D eigenvalue weighted by Gasteiger charge is -2.16. The fourth-order valence-corrected chi connectivity index (χ4v) is 0.978. The molecule has 0 bridgehead atoms. The Morgan fingerprint density at radius 2 is 1.62 bits per heavy atom. The van der Waals surface area contributed by atoms with E-state index < -0.39 is 11.9 Å². The average molecular weight is 189 g/mol. The fraction of sp³-hybridized carbons (Fsp3) is 0.750.